The number of rotatable bonds is 3. The summed E-state index contributed by atoms with van der Waals surface area (Å²) in [7, 11) is -2.96. The maximum absolute atomic E-state index is 12.0. The maximum atomic E-state index is 12.0. The summed E-state index contributed by atoms with van der Waals surface area (Å²) < 4.78 is 29.2. The second-order valence-corrected chi connectivity index (χ2v) is 9.66. The van der Waals surface area contributed by atoms with E-state index in [4.69, 9.17) is 4.42 Å². The van der Waals surface area contributed by atoms with Crippen molar-refractivity contribution in [1.82, 2.24) is 4.90 Å². The normalized spacial score (nSPS) is 32.1. The van der Waals surface area contributed by atoms with Crippen LogP contribution in [0.5, 0.6) is 0 Å². The van der Waals surface area contributed by atoms with Crippen molar-refractivity contribution in [2.45, 2.75) is 44.4 Å². The van der Waals surface area contributed by atoms with E-state index in [-0.39, 0.29) is 5.75 Å². The molecule has 1 aromatic rings. The Morgan fingerprint density at radius 2 is 2.10 bits per heavy atom. The third kappa shape index (κ3) is 2.53. The number of hydrogen-bond donors (Lipinski definition) is 0. The van der Waals surface area contributed by atoms with Crippen molar-refractivity contribution in [1.29, 1.82) is 0 Å². The largest absolute Gasteiger partial charge is 0.464 e. The molecule has 2 fully saturated rings. The molecule has 1 aliphatic heterocycles. The highest BCUT2D eigenvalue weighted by Crippen LogP contribution is 2.47. The first-order chi connectivity index (χ1) is 9.28. The molecular weight excluding hydrogens is 274 g/mol. The highest BCUT2D eigenvalue weighted by atomic mass is 32.2. The summed E-state index contributed by atoms with van der Waals surface area (Å²) in [6.45, 7) is 7.75. The van der Waals surface area contributed by atoms with Gasteiger partial charge >= 0.3 is 0 Å². The van der Waals surface area contributed by atoms with Crippen LogP contribution >= 0.6 is 0 Å². The SMILES string of the molecule is CC1CC1c1ccc(CN2CCS(=O)(=O)C(C)(C)C2)o1. The van der Waals surface area contributed by atoms with Gasteiger partial charge in [-0.2, -0.15) is 0 Å². The summed E-state index contributed by atoms with van der Waals surface area (Å²) in [5, 5.41) is 0. The van der Waals surface area contributed by atoms with Crippen LogP contribution in [-0.2, 0) is 16.4 Å². The molecule has 2 unspecified atom stereocenters. The van der Waals surface area contributed by atoms with Gasteiger partial charge in [-0.3, -0.25) is 4.90 Å². The quantitative estimate of drug-likeness (QED) is 0.859. The molecule has 1 aliphatic carbocycles. The lowest BCUT2D eigenvalue weighted by molar-refractivity contribution is 0.222. The molecule has 20 heavy (non-hydrogen) atoms. The number of furan rings is 1. The van der Waals surface area contributed by atoms with Gasteiger partial charge in [-0.25, -0.2) is 8.42 Å². The smallest absolute Gasteiger partial charge is 0.157 e. The van der Waals surface area contributed by atoms with E-state index in [1.807, 2.05) is 19.9 Å². The van der Waals surface area contributed by atoms with Crippen LogP contribution in [0, 0.1) is 5.92 Å². The molecule has 0 bridgehead atoms. The van der Waals surface area contributed by atoms with Gasteiger partial charge in [0.05, 0.1) is 17.0 Å². The highest BCUT2D eigenvalue weighted by molar-refractivity contribution is 7.92. The Morgan fingerprint density at radius 3 is 2.70 bits per heavy atom. The van der Waals surface area contributed by atoms with E-state index in [9.17, 15) is 8.42 Å². The number of nitrogens with zero attached hydrogens (tertiary/aromatic N) is 1. The van der Waals surface area contributed by atoms with Crippen molar-refractivity contribution in [2.24, 2.45) is 5.92 Å². The van der Waals surface area contributed by atoms with Gasteiger partial charge in [0.2, 0.25) is 0 Å². The molecule has 0 amide bonds. The summed E-state index contributed by atoms with van der Waals surface area (Å²) in [6, 6.07) is 4.12. The fourth-order valence-corrected chi connectivity index (χ4v) is 4.42. The number of hydrogen-bond acceptors (Lipinski definition) is 4. The molecule has 0 aromatic carbocycles. The lowest BCUT2D eigenvalue weighted by Crippen LogP contribution is -2.52. The fourth-order valence-electron chi connectivity index (χ4n) is 2.99. The van der Waals surface area contributed by atoms with Gasteiger partial charge in [0.25, 0.3) is 0 Å². The van der Waals surface area contributed by atoms with E-state index in [0.717, 1.165) is 17.4 Å². The fraction of sp³-hybridized carbons (Fsp3) is 0.733. The van der Waals surface area contributed by atoms with Gasteiger partial charge in [-0.15, -0.1) is 0 Å². The summed E-state index contributed by atoms with van der Waals surface area (Å²) in [4.78, 5) is 2.18. The Balaban J connectivity index is 1.65. The third-order valence-corrected chi connectivity index (χ3v) is 7.19. The Labute approximate surface area is 121 Å². The van der Waals surface area contributed by atoms with Crippen molar-refractivity contribution < 1.29 is 12.8 Å². The monoisotopic (exact) mass is 297 g/mol. The zero-order chi connectivity index (χ0) is 14.5. The van der Waals surface area contributed by atoms with E-state index in [2.05, 4.69) is 17.9 Å². The zero-order valence-electron chi connectivity index (χ0n) is 12.4. The van der Waals surface area contributed by atoms with Gasteiger partial charge in [-0.1, -0.05) is 6.92 Å². The van der Waals surface area contributed by atoms with Gasteiger partial charge in [-0.05, 0) is 38.3 Å². The second kappa shape index (κ2) is 4.60. The molecule has 0 spiro atoms. The average Bonchev–Trinajstić information content (AvgIpc) is 2.88. The van der Waals surface area contributed by atoms with Crippen LogP contribution in [0.25, 0.3) is 0 Å². The highest BCUT2D eigenvalue weighted by Gasteiger charge is 2.40. The van der Waals surface area contributed by atoms with Crippen LogP contribution in [-0.4, -0.2) is 36.9 Å². The molecule has 0 N–H and O–H groups in total. The first-order valence-electron chi connectivity index (χ1n) is 7.32. The Hall–Kier alpha value is -0.810. The van der Waals surface area contributed by atoms with E-state index in [1.165, 1.54) is 6.42 Å². The minimum atomic E-state index is -2.96. The van der Waals surface area contributed by atoms with Gasteiger partial charge in [0, 0.05) is 19.0 Å². The second-order valence-electron chi connectivity index (χ2n) is 6.91. The maximum Gasteiger partial charge on any atom is 0.157 e. The van der Waals surface area contributed by atoms with E-state index >= 15 is 0 Å². The molecule has 1 saturated heterocycles. The molecule has 2 atom stereocenters. The standard InChI is InChI=1S/C15H23NO3S/c1-11-8-13(11)14-5-4-12(19-14)9-16-6-7-20(17,18)15(2,3)10-16/h4-5,11,13H,6-10H2,1-3H3. The predicted octanol–water partition coefficient (Wildman–Crippen LogP) is 2.41. The van der Waals surface area contributed by atoms with E-state index in [1.54, 1.807) is 0 Å². The average molecular weight is 297 g/mol. The third-order valence-electron chi connectivity index (χ3n) is 4.66. The minimum absolute atomic E-state index is 0.243. The lowest BCUT2D eigenvalue weighted by atomic mass is 10.2. The van der Waals surface area contributed by atoms with Crippen molar-refractivity contribution in [3.05, 3.63) is 23.7 Å². The molecule has 2 aliphatic rings. The number of sulfone groups is 1. The lowest BCUT2D eigenvalue weighted by Gasteiger charge is -2.37. The Bertz CT molecular complexity index is 602. The van der Waals surface area contributed by atoms with Gasteiger partial charge < -0.3 is 4.42 Å². The topological polar surface area (TPSA) is 50.5 Å². The molecule has 3 rings (SSSR count). The van der Waals surface area contributed by atoms with Crippen LogP contribution in [0.1, 0.15) is 44.6 Å². The minimum Gasteiger partial charge on any atom is -0.464 e. The van der Waals surface area contributed by atoms with Gasteiger partial charge in [0.15, 0.2) is 9.84 Å². The molecule has 4 nitrogen and oxygen atoms in total. The van der Waals surface area contributed by atoms with Crippen molar-refractivity contribution in [3.63, 3.8) is 0 Å². The van der Waals surface area contributed by atoms with Crippen LogP contribution in [0.15, 0.2) is 16.5 Å². The summed E-state index contributed by atoms with van der Waals surface area (Å²) in [5.74, 6) is 3.63. The first-order valence-corrected chi connectivity index (χ1v) is 8.97. The van der Waals surface area contributed by atoms with E-state index < -0.39 is 14.6 Å². The first kappa shape index (κ1) is 14.1. The Morgan fingerprint density at radius 1 is 1.40 bits per heavy atom. The molecule has 1 aromatic heterocycles. The van der Waals surface area contributed by atoms with Crippen molar-refractivity contribution in [3.8, 4) is 0 Å². The summed E-state index contributed by atoms with van der Waals surface area (Å²) in [5.41, 5.74) is 0. The summed E-state index contributed by atoms with van der Waals surface area (Å²) in [6.07, 6.45) is 1.22. The predicted molar refractivity (Wildman–Crippen MR) is 78.4 cm³/mol. The molecule has 0 radical (unpaired) electrons. The van der Waals surface area contributed by atoms with Crippen LogP contribution in [0.2, 0.25) is 0 Å². The molecule has 2 heterocycles. The van der Waals surface area contributed by atoms with E-state index in [0.29, 0.717) is 25.6 Å². The van der Waals surface area contributed by atoms with Crippen molar-refractivity contribution in [2.75, 3.05) is 18.8 Å². The molecule has 5 heteroatoms. The summed E-state index contributed by atoms with van der Waals surface area (Å²) >= 11 is 0. The van der Waals surface area contributed by atoms with Crippen molar-refractivity contribution >= 4 is 9.84 Å². The van der Waals surface area contributed by atoms with Crippen LogP contribution < -0.4 is 0 Å². The van der Waals surface area contributed by atoms with Crippen LogP contribution in [0.4, 0.5) is 0 Å². The Kier molecular flexibility index (Phi) is 3.25. The van der Waals surface area contributed by atoms with Crippen LogP contribution in [0.3, 0.4) is 0 Å². The molecular formula is C15H23NO3S. The molecule has 1 saturated carbocycles. The van der Waals surface area contributed by atoms with Gasteiger partial charge in [0.1, 0.15) is 11.5 Å². The zero-order valence-corrected chi connectivity index (χ0v) is 13.2. The molecule has 112 valence electrons.